The van der Waals surface area contributed by atoms with Crippen LogP contribution in [0.5, 0.6) is 5.75 Å². The zero-order valence-corrected chi connectivity index (χ0v) is 14.7. The average Bonchev–Trinajstić information content (AvgIpc) is 3.06. The highest BCUT2D eigenvalue weighted by Crippen LogP contribution is 2.25. The van der Waals surface area contributed by atoms with E-state index in [1.54, 1.807) is 24.4 Å². The number of carboxylic acid groups (broad SMARTS) is 1. The van der Waals surface area contributed by atoms with Crippen LogP contribution in [0.1, 0.15) is 16.1 Å². The molecule has 4 aromatic rings. The maximum absolute atomic E-state index is 12.6. The van der Waals surface area contributed by atoms with Crippen LogP contribution in [0.4, 0.5) is 0 Å². The van der Waals surface area contributed by atoms with Crippen LogP contribution >= 0.6 is 0 Å². The molecule has 4 N–H and O–H groups in total. The van der Waals surface area contributed by atoms with Gasteiger partial charge in [0.25, 0.3) is 5.91 Å². The van der Waals surface area contributed by atoms with Gasteiger partial charge < -0.3 is 20.5 Å². The van der Waals surface area contributed by atoms with Gasteiger partial charge in [-0.25, -0.2) is 9.78 Å². The predicted molar refractivity (Wildman–Crippen MR) is 104 cm³/mol. The second-order valence-corrected chi connectivity index (χ2v) is 6.52. The number of phenols is 1. The van der Waals surface area contributed by atoms with Gasteiger partial charge in [-0.05, 0) is 29.8 Å². The zero-order valence-electron chi connectivity index (χ0n) is 14.7. The van der Waals surface area contributed by atoms with Gasteiger partial charge in [-0.2, -0.15) is 0 Å². The molecular weight excluding hydrogens is 358 g/mol. The van der Waals surface area contributed by atoms with E-state index in [1.165, 1.54) is 12.1 Å². The molecule has 7 heteroatoms. The van der Waals surface area contributed by atoms with Crippen LogP contribution in [-0.4, -0.2) is 38.1 Å². The van der Waals surface area contributed by atoms with Gasteiger partial charge in [0.2, 0.25) is 0 Å². The van der Waals surface area contributed by atoms with Crippen molar-refractivity contribution in [2.75, 3.05) is 0 Å². The van der Waals surface area contributed by atoms with E-state index in [4.69, 9.17) is 0 Å². The minimum absolute atomic E-state index is 0.0934. The number of hydrogen-bond acceptors (Lipinski definition) is 4. The van der Waals surface area contributed by atoms with Gasteiger partial charge in [0.1, 0.15) is 17.5 Å². The zero-order chi connectivity index (χ0) is 19.7. The van der Waals surface area contributed by atoms with E-state index >= 15 is 0 Å². The number of carbonyl (C=O) groups is 2. The average molecular weight is 375 g/mol. The second-order valence-electron chi connectivity index (χ2n) is 6.52. The van der Waals surface area contributed by atoms with E-state index < -0.39 is 17.9 Å². The Bertz CT molecular complexity index is 1180. The summed E-state index contributed by atoms with van der Waals surface area (Å²) in [5, 5.41) is 23.2. The fourth-order valence-corrected chi connectivity index (χ4v) is 3.17. The molecule has 0 bridgehead atoms. The Hall–Kier alpha value is -3.87. The van der Waals surface area contributed by atoms with Crippen molar-refractivity contribution in [3.05, 3.63) is 72.1 Å². The molecule has 0 radical (unpaired) electrons. The van der Waals surface area contributed by atoms with E-state index in [-0.39, 0.29) is 17.9 Å². The fraction of sp³-hybridized carbons (Fsp3) is 0.0952. The number of hydrogen-bond donors (Lipinski definition) is 4. The maximum atomic E-state index is 12.6. The van der Waals surface area contributed by atoms with E-state index in [0.29, 0.717) is 5.56 Å². The molecule has 2 heterocycles. The molecule has 7 nitrogen and oxygen atoms in total. The molecule has 140 valence electrons. The van der Waals surface area contributed by atoms with Crippen molar-refractivity contribution in [2.24, 2.45) is 0 Å². The summed E-state index contributed by atoms with van der Waals surface area (Å²) in [5.74, 6) is -1.61. The Morgan fingerprint density at radius 1 is 1.04 bits per heavy atom. The molecule has 0 aliphatic carbocycles. The molecule has 0 aliphatic heterocycles. The molecule has 1 amide bonds. The summed E-state index contributed by atoms with van der Waals surface area (Å²) in [5.41, 5.74) is 2.57. The lowest BCUT2D eigenvalue weighted by atomic mass is 10.1. The summed E-state index contributed by atoms with van der Waals surface area (Å²) in [4.78, 5) is 31.6. The number of fused-ring (bicyclic) bond motifs is 3. The van der Waals surface area contributed by atoms with Gasteiger partial charge in [0.05, 0.1) is 11.7 Å². The standard InChI is InChI=1S/C21H17N3O4/c25-13-7-5-12(6-8-13)9-18(21(27)28)24-20(26)17-10-15-14-3-1-2-4-16(14)23-19(15)11-22-17/h1-8,10-11,18,23,25H,9H2,(H,24,26)(H,27,28). The molecule has 2 aromatic heterocycles. The third-order valence-electron chi connectivity index (χ3n) is 4.60. The van der Waals surface area contributed by atoms with Crippen molar-refractivity contribution in [2.45, 2.75) is 12.5 Å². The summed E-state index contributed by atoms with van der Waals surface area (Å²) in [6, 6.07) is 14.4. The first-order valence-corrected chi connectivity index (χ1v) is 8.69. The van der Waals surface area contributed by atoms with Gasteiger partial charge >= 0.3 is 5.97 Å². The van der Waals surface area contributed by atoms with Gasteiger partial charge in [-0.1, -0.05) is 30.3 Å². The smallest absolute Gasteiger partial charge is 0.326 e. The van der Waals surface area contributed by atoms with Crippen molar-refractivity contribution in [3.8, 4) is 5.75 Å². The lowest BCUT2D eigenvalue weighted by molar-refractivity contribution is -0.139. The number of aromatic amines is 1. The molecule has 28 heavy (non-hydrogen) atoms. The quantitative estimate of drug-likeness (QED) is 0.428. The SMILES string of the molecule is O=C(NC(Cc1ccc(O)cc1)C(=O)O)c1cc2c(cn1)[nH]c1ccccc12. The van der Waals surface area contributed by atoms with Crippen molar-refractivity contribution in [3.63, 3.8) is 0 Å². The van der Waals surface area contributed by atoms with E-state index in [1.807, 2.05) is 24.3 Å². The van der Waals surface area contributed by atoms with Crippen LogP contribution in [0.2, 0.25) is 0 Å². The molecule has 0 saturated carbocycles. The van der Waals surface area contributed by atoms with Crippen LogP contribution in [-0.2, 0) is 11.2 Å². The number of carboxylic acids is 1. The number of benzene rings is 2. The Balaban J connectivity index is 1.59. The number of aliphatic carboxylic acids is 1. The predicted octanol–water partition coefficient (Wildman–Crippen LogP) is 2.85. The van der Waals surface area contributed by atoms with E-state index in [9.17, 15) is 19.8 Å². The molecule has 0 saturated heterocycles. The Morgan fingerprint density at radius 3 is 2.54 bits per heavy atom. The molecule has 0 fully saturated rings. The van der Waals surface area contributed by atoms with Crippen molar-refractivity contribution in [1.82, 2.24) is 15.3 Å². The molecule has 0 aliphatic rings. The van der Waals surface area contributed by atoms with Crippen LogP contribution in [0.3, 0.4) is 0 Å². The third-order valence-corrected chi connectivity index (χ3v) is 4.60. The third kappa shape index (κ3) is 3.37. The Morgan fingerprint density at radius 2 is 1.79 bits per heavy atom. The Labute approximate surface area is 159 Å². The number of nitrogens with one attached hydrogen (secondary N) is 2. The number of H-pyrrole nitrogens is 1. The second kappa shape index (κ2) is 7.03. The van der Waals surface area contributed by atoms with Crippen molar-refractivity contribution in [1.29, 1.82) is 0 Å². The lowest BCUT2D eigenvalue weighted by Crippen LogP contribution is -2.42. The normalized spacial score (nSPS) is 12.1. The highest BCUT2D eigenvalue weighted by Gasteiger charge is 2.22. The van der Waals surface area contributed by atoms with Gasteiger partial charge in [-0.15, -0.1) is 0 Å². The summed E-state index contributed by atoms with van der Waals surface area (Å²) in [7, 11) is 0. The number of amides is 1. The topological polar surface area (TPSA) is 115 Å². The largest absolute Gasteiger partial charge is 0.508 e. The first-order valence-electron chi connectivity index (χ1n) is 8.69. The summed E-state index contributed by atoms with van der Waals surface area (Å²) in [6.45, 7) is 0. The number of pyridine rings is 1. The number of rotatable bonds is 5. The van der Waals surface area contributed by atoms with Crippen LogP contribution in [0.15, 0.2) is 60.8 Å². The monoisotopic (exact) mass is 375 g/mol. The first-order chi connectivity index (χ1) is 13.5. The number of aromatic hydroxyl groups is 1. The number of phenolic OH excluding ortho intramolecular Hbond substituents is 1. The lowest BCUT2D eigenvalue weighted by Gasteiger charge is -2.14. The highest BCUT2D eigenvalue weighted by atomic mass is 16.4. The first kappa shape index (κ1) is 17.5. The van der Waals surface area contributed by atoms with E-state index in [0.717, 1.165) is 21.8 Å². The summed E-state index contributed by atoms with van der Waals surface area (Å²) < 4.78 is 0. The molecule has 0 spiro atoms. The fourth-order valence-electron chi connectivity index (χ4n) is 3.17. The number of carbonyl (C=O) groups excluding carboxylic acids is 1. The number of nitrogens with zero attached hydrogens (tertiary/aromatic N) is 1. The van der Waals surface area contributed by atoms with Gasteiger partial charge in [-0.3, -0.25) is 4.79 Å². The Kier molecular flexibility index (Phi) is 4.41. The summed E-state index contributed by atoms with van der Waals surface area (Å²) >= 11 is 0. The molecule has 1 unspecified atom stereocenters. The molecular formula is C21H17N3O4. The molecule has 2 aromatic carbocycles. The highest BCUT2D eigenvalue weighted by molar-refractivity contribution is 6.09. The van der Waals surface area contributed by atoms with Gasteiger partial charge in [0.15, 0.2) is 0 Å². The van der Waals surface area contributed by atoms with E-state index in [2.05, 4.69) is 15.3 Å². The van der Waals surface area contributed by atoms with Gasteiger partial charge in [0, 0.05) is 22.7 Å². The minimum Gasteiger partial charge on any atom is -0.508 e. The van der Waals surface area contributed by atoms with Crippen LogP contribution in [0.25, 0.3) is 21.8 Å². The number of aromatic nitrogens is 2. The van der Waals surface area contributed by atoms with Crippen molar-refractivity contribution >= 4 is 33.7 Å². The molecule has 1 atom stereocenters. The minimum atomic E-state index is -1.14. The van der Waals surface area contributed by atoms with Crippen molar-refractivity contribution < 1.29 is 19.8 Å². The summed E-state index contributed by atoms with van der Waals surface area (Å²) in [6.07, 6.45) is 1.66. The number of para-hydroxylation sites is 1. The van der Waals surface area contributed by atoms with Crippen LogP contribution < -0.4 is 5.32 Å². The van der Waals surface area contributed by atoms with Crippen LogP contribution in [0, 0.1) is 0 Å². The maximum Gasteiger partial charge on any atom is 0.326 e. The molecule has 4 rings (SSSR count).